The van der Waals surface area contributed by atoms with Gasteiger partial charge in [-0.15, -0.1) is 0 Å². The van der Waals surface area contributed by atoms with Crippen LogP contribution in [0.15, 0.2) is 48.5 Å². The molecule has 0 aliphatic carbocycles. The van der Waals surface area contributed by atoms with Crippen molar-refractivity contribution in [1.82, 2.24) is 9.55 Å². The summed E-state index contributed by atoms with van der Waals surface area (Å²) in [5, 5.41) is 0. The molecule has 0 bridgehead atoms. The summed E-state index contributed by atoms with van der Waals surface area (Å²) in [5.74, 6) is 1.06. The van der Waals surface area contributed by atoms with Gasteiger partial charge in [-0.1, -0.05) is 50.2 Å². The third-order valence-corrected chi connectivity index (χ3v) is 4.29. The van der Waals surface area contributed by atoms with Crippen LogP contribution in [0.25, 0.3) is 11.0 Å². The molecule has 3 aromatic rings. The van der Waals surface area contributed by atoms with Crippen LogP contribution in [0.1, 0.15) is 47.9 Å². The van der Waals surface area contributed by atoms with Crippen LogP contribution in [0.2, 0.25) is 0 Å². The van der Waals surface area contributed by atoms with Crippen molar-refractivity contribution in [2.24, 2.45) is 0 Å². The molecular weight excluding hydrogens is 272 g/mol. The number of imidazole rings is 1. The van der Waals surface area contributed by atoms with Gasteiger partial charge in [-0.05, 0) is 35.6 Å². The molecule has 0 aliphatic rings. The number of hydrogen-bond donors (Lipinski definition) is 0. The Hall–Kier alpha value is -2.42. The summed E-state index contributed by atoms with van der Waals surface area (Å²) in [7, 11) is 0. The van der Waals surface area contributed by atoms with Crippen LogP contribution in [0.5, 0.6) is 0 Å². The Morgan fingerprint density at radius 2 is 1.86 bits per heavy atom. The number of benzene rings is 2. The number of aldehydes is 1. The third kappa shape index (κ3) is 2.67. The number of carbonyl (C=O) groups is 1. The zero-order valence-electron chi connectivity index (χ0n) is 13.0. The van der Waals surface area contributed by atoms with Crippen LogP contribution in [0, 0.1) is 0 Å². The van der Waals surface area contributed by atoms with E-state index in [1.807, 2.05) is 28.8 Å². The lowest BCUT2D eigenvalue weighted by Gasteiger charge is -2.11. The van der Waals surface area contributed by atoms with Gasteiger partial charge in [0.25, 0.3) is 0 Å². The number of hydrogen-bond acceptors (Lipinski definition) is 2. The van der Waals surface area contributed by atoms with Crippen LogP contribution < -0.4 is 0 Å². The van der Waals surface area contributed by atoms with Crippen molar-refractivity contribution in [2.45, 2.75) is 32.7 Å². The van der Waals surface area contributed by atoms with Crippen molar-refractivity contribution >= 4 is 17.3 Å². The number of aromatic nitrogens is 2. The van der Waals surface area contributed by atoms with Gasteiger partial charge in [0.05, 0.1) is 11.0 Å². The van der Waals surface area contributed by atoms with Crippen molar-refractivity contribution < 1.29 is 4.79 Å². The zero-order valence-corrected chi connectivity index (χ0v) is 13.0. The number of rotatable bonds is 5. The van der Waals surface area contributed by atoms with Crippen LogP contribution in [-0.4, -0.2) is 15.8 Å². The largest absolute Gasteiger partial charge is 0.317 e. The third-order valence-electron chi connectivity index (χ3n) is 4.29. The molecule has 2 aromatic carbocycles. The lowest BCUT2D eigenvalue weighted by molar-refractivity contribution is 0.111. The van der Waals surface area contributed by atoms with E-state index < -0.39 is 0 Å². The summed E-state index contributed by atoms with van der Waals surface area (Å²) in [6.07, 6.45) is 1.97. The molecule has 112 valence electrons. The molecule has 1 unspecified atom stereocenters. The number of nitrogens with zero attached hydrogens (tertiary/aromatic N) is 2. The molecule has 0 amide bonds. The van der Waals surface area contributed by atoms with Crippen molar-refractivity contribution in [3.63, 3.8) is 0 Å². The molecule has 0 N–H and O–H groups in total. The maximum atomic E-state index is 11.3. The second-order valence-electron chi connectivity index (χ2n) is 5.71. The number of carbonyl (C=O) groups excluding carboxylic acids is 1. The Balaban J connectivity index is 1.94. The second-order valence-corrected chi connectivity index (χ2v) is 5.71. The van der Waals surface area contributed by atoms with Crippen LogP contribution in [0.4, 0.5) is 0 Å². The smallest absolute Gasteiger partial charge is 0.185 e. The van der Waals surface area contributed by atoms with Gasteiger partial charge in [-0.2, -0.15) is 0 Å². The number of para-hydroxylation sites is 2. The van der Waals surface area contributed by atoms with E-state index in [0.717, 1.165) is 23.7 Å². The van der Waals surface area contributed by atoms with Gasteiger partial charge in [0.2, 0.25) is 0 Å². The maximum absolute atomic E-state index is 11.3. The molecule has 0 radical (unpaired) electrons. The van der Waals surface area contributed by atoms with Crippen molar-refractivity contribution in [1.29, 1.82) is 0 Å². The van der Waals surface area contributed by atoms with Gasteiger partial charge in [0, 0.05) is 6.54 Å². The number of fused-ring (bicyclic) bond motifs is 1. The summed E-state index contributed by atoms with van der Waals surface area (Å²) in [6, 6.07) is 16.5. The molecule has 0 saturated heterocycles. The SMILES string of the molecule is CCC(C)c1ccc(Cn2c(C=O)nc3ccccc32)cc1. The highest BCUT2D eigenvalue weighted by atomic mass is 16.1. The van der Waals surface area contributed by atoms with Crippen molar-refractivity contribution in [3.8, 4) is 0 Å². The lowest BCUT2D eigenvalue weighted by Crippen LogP contribution is -2.04. The molecule has 0 spiro atoms. The molecule has 0 aliphatic heterocycles. The Labute approximate surface area is 130 Å². The van der Waals surface area contributed by atoms with Crippen molar-refractivity contribution in [2.75, 3.05) is 0 Å². The molecule has 3 rings (SSSR count). The topological polar surface area (TPSA) is 34.9 Å². The molecule has 0 fully saturated rings. The molecule has 1 heterocycles. The Morgan fingerprint density at radius 3 is 2.55 bits per heavy atom. The quantitative estimate of drug-likeness (QED) is 0.653. The molecule has 22 heavy (non-hydrogen) atoms. The molecule has 1 aromatic heterocycles. The summed E-state index contributed by atoms with van der Waals surface area (Å²) in [5.41, 5.74) is 4.40. The average molecular weight is 292 g/mol. The normalized spacial score (nSPS) is 12.5. The molecule has 0 saturated carbocycles. The first-order chi connectivity index (χ1) is 10.7. The minimum atomic E-state index is 0.479. The summed E-state index contributed by atoms with van der Waals surface area (Å²) >= 11 is 0. The van der Waals surface area contributed by atoms with E-state index in [-0.39, 0.29) is 0 Å². The highest BCUT2D eigenvalue weighted by Crippen LogP contribution is 2.21. The molecule has 3 heteroatoms. The fraction of sp³-hybridized carbons (Fsp3) is 0.263. The predicted octanol–water partition coefficient (Wildman–Crippen LogP) is 4.41. The first-order valence-electron chi connectivity index (χ1n) is 7.72. The Morgan fingerprint density at radius 1 is 1.14 bits per heavy atom. The first kappa shape index (κ1) is 14.5. The average Bonchev–Trinajstić information content (AvgIpc) is 2.93. The van der Waals surface area contributed by atoms with Gasteiger partial charge in [0.1, 0.15) is 0 Å². The Kier molecular flexibility index (Phi) is 4.05. The highest BCUT2D eigenvalue weighted by Gasteiger charge is 2.10. The lowest BCUT2D eigenvalue weighted by atomic mass is 9.98. The molecule has 1 atom stereocenters. The van der Waals surface area contributed by atoms with Crippen LogP contribution in [-0.2, 0) is 6.54 Å². The monoisotopic (exact) mass is 292 g/mol. The fourth-order valence-corrected chi connectivity index (χ4v) is 2.72. The second kappa shape index (κ2) is 6.14. The summed E-state index contributed by atoms with van der Waals surface area (Å²) in [4.78, 5) is 15.7. The van der Waals surface area contributed by atoms with Gasteiger partial charge < -0.3 is 4.57 Å². The van der Waals surface area contributed by atoms with E-state index >= 15 is 0 Å². The van der Waals surface area contributed by atoms with Gasteiger partial charge >= 0.3 is 0 Å². The van der Waals surface area contributed by atoms with Gasteiger partial charge in [-0.3, -0.25) is 4.79 Å². The summed E-state index contributed by atoms with van der Waals surface area (Å²) < 4.78 is 1.97. The van der Waals surface area contributed by atoms with E-state index in [4.69, 9.17) is 0 Å². The van der Waals surface area contributed by atoms with Crippen molar-refractivity contribution in [3.05, 3.63) is 65.5 Å². The predicted molar refractivity (Wildman–Crippen MR) is 89.4 cm³/mol. The van der Waals surface area contributed by atoms with E-state index in [1.165, 1.54) is 11.1 Å². The van der Waals surface area contributed by atoms with E-state index in [9.17, 15) is 4.79 Å². The van der Waals surface area contributed by atoms with Crippen LogP contribution >= 0.6 is 0 Å². The van der Waals surface area contributed by atoms with E-state index in [2.05, 4.69) is 43.1 Å². The minimum absolute atomic E-state index is 0.479. The van der Waals surface area contributed by atoms with Crippen LogP contribution in [0.3, 0.4) is 0 Å². The minimum Gasteiger partial charge on any atom is -0.317 e. The zero-order chi connectivity index (χ0) is 15.5. The maximum Gasteiger partial charge on any atom is 0.185 e. The molecule has 3 nitrogen and oxygen atoms in total. The first-order valence-corrected chi connectivity index (χ1v) is 7.72. The summed E-state index contributed by atoms with van der Waals surface area (Å²) in [6.45, 7) is 5.10. The molecular formula is C19H20N2O. The standard InChI is InChI=1S/C19H20N2O/c1-3-14(2)16-10-8-15(9-11-16)12-21-18-7-5-4-6-17(18)20-19(21)13-22/h4-11,13-14H,3,12H2,1-2H3. The van der Waals surface area contributed by atoms with Gasteiger partial charge in [0.15, 0.2) is 12.1 Å². The van der Waals surface area contributed by atoms with E-state index in [1.54, 1.807) is 0 Å². The Bertz CT molecular complexity index is 787. The fourth-order valence-electron chi connectivity index (χ4n) is 2.72. The van der Waals surface area contributed by atoms with Gasteiger partial charge in [-0.25, -0.2) is 4.98 Å². The van der Waals surface area contributed by atoms with E-state index in [0.29, 0.717) is 18.3 Å². The highest BCUT2D eigenvalue weighted by molar-refractivity contribution is 5.83.